The summed E-state index contributed by atoms with van der Waals surface area (Å²) in [6.45, 7) is 4.69. The molecule has 1 N–H and O–H groups in total. The third kappa shape index (κ3) is 3.30. The van der Waals surface area contributed by atoms with Gasteiger partial charge >= 0.3 is 0 Å². The molecule has 0 spiro atoms. The Balaban J connectivity index is 1.85. The SMILES string of the molecule is CCc1nc2ccccc2c(C(=O)NCCc2ccccc2)c1C. The van der Waals surface area contributed by atoms with E-state index in [9.17, 15) is 4.79 Å². The molecular weight excluding hydrogens is 296 g/mol. The molecule has 0 fully saturated rings. The lowest BCUT2D eigenvalue weighted by Crippen LogP contribution is -2.27. The second kappa shape index (κ2) is 7.26. The van der Waals surface area contributed by atoms with Crippen LogP contribution in [-0.2, 0) is 12.8 Å². The van der Waals surface area contributed by atoms with Crippen LogP contribution in [0.15, 0.2) is 54.6 Å². The summed E-state index contributed by atoms with van der Waals surface area (Å²) in [6.07, 6.45) is 1.65. The zero-order chi connectivity index (χ0) is 16.9. The van der Waals surface area contributed by atoms with Gasteiger partial charge in [-0.3, -0.25) is 9.78 Å². The van der Waals surface area contributed by atoms with Crippen molar-refractivity contribution in [2.24, 2.45) is 0 Å². The van der Waals surface area contributed by atoms with E-state index in [-0.39, 0.29) is 5.91 Å². The lowest BCUT2D eigenvalue weighted by molar-refractivity contribution is 0.0955. The van der Waals surface area contributed by atoms with Crippen molar-refractivity contribution >= 4 is 16.8 Å². The predicted molar refractivity (Wildman–Crippen MR) is 98.3 cm³/mol. The number of hydrogen-bond donors (Lipinski definition) is 1. The first-order chi connectivity index (χ1) is 11.7. The molecule has 2 aromatic carbocycles. The third-order valence-corrected chi connectivity index (χ3v) is 4.34. The molecule has 0 saturated heterocycles. The van der Waals surface area contributed by atoms with Crippen LogP contribution in [0.3, 0.4) is 0 Å². The number of amides is 1. The van der Waals surface area contributed by atoms with E-state index in [1.165, 1.54) is 5.56 Å². The normalized spacial score (nSPS) is 10.8. The van der Waals surface area contributed by atoms with Crippen LogP contribution in [0.1, 0.15) is 34.1 Å². The second-order valence-corrected chi connectivity index (χ2v) is 5.92. The van der Waals surface area contributed by atoms with Crippen LogP contribution in [0.4, 0.5) is 0 Å². The summed E-state index contributed by atoms with van der Waals surface area (Å²) < 4.78 is 0. The Bertz CT molecular complexity index is 856. The van der Waals surface area contributed by atoms with Crippen molar-refractivity contribution in [2.45, 2.75) is 26.7 Å². The Hall–Kier alpha value is -2.68. The third-order valence-electron chi connectivity index (χ3n) is 4.34. The Morgan fingerprint density at radius 2 is 1.75 bits per heavy atom. The topological polar surface area (TPSA) is 42.0 Å². The van der Waals surface area contributed by atoms with Crippen LogP contribution < -0.4 is 5.32 Å². The number of fused-ring (bicyclic) bond motifs is 1. The molecule has 24 heavy (non-hydrogen) atoms. The molecular formula is C21H22N2O. The minimum absolute atomic E-state index is 0.0169. The largest absolute Gasteiger partial charge is 0.352 e. The highest BCUT2D eigenvalue weighted by atomic mass is 16.1. The number of aromatic nitrogens is 1. The average Bonchev–Trinajstić information content (AvgIpc) is 2.62. The molecule has 0 unspecified atom stereocenters. The number of rotatable bonds is 5. The molecule has 3 heteroatoms. The van der Waals surface area contributed by atoms with Crippen LogP contribution in [0.5, 0.6) is 0 Å². The van der Waals surface area contributed by atoms with E-state index >= 15 is 0 Å². The van der Waals surface area contributed by atoms with Crippen LogP contribution in [0.2, 0.25) is 0 Å². The Kier molecular flexibility index (Phi) is 4.90. The van der Waals surface area contributed by atoms with Gasteiger partial charge in [-0.25, -0.2) is 0 Å². The Morgan fingerprint density at radius 1 is 1.04 bits per heavy atom. The van der Waals surface area contributed by atoms with E-state index in [0.717, 1.165) is 40.6 Å². The van der Waals surface area contributed by atoms with Gasteiger partial charge < -0.3 is 5.32 Å². The summed E-state index contributed by atoms with van der Waals surface area (Å²) >= 11 is 0. The highest BCUT2D eigenvalue weighted by molar-refractivity contribution is 6.07. The molecule has 0 aliphatic rings. The molecule has 0 aliphatic carbocycles. The van der Waals surface area contributed by atoms with Gasteiger partial charge in [-0.05, 0) is 37.0 Å². The molecule has 0 bridgehead atoms. The molecule has 3 rings (SSSR count). The predicted octanol–water partition coefficient (Wildman–Crippen LogP) is 4.08. The van der Waals surface area contributed by atoms with Gasteiger partial charge in [0.1, 0.15) is 0 Å². The van der Waals surface area contributed by atoms with Crippen LogP contribution in [0.25, 0.3) is 10.9 Å². The maximum absolute atomic E-state index is 12.8. The fraction of sp³-hybridized carbons (Fsp3) is 0.238. The molecule has 0 aliphatic heterocycles. The zero-order valence-electron chi connectivity index (χ0n) is 14.2. The van der Waals surface area contributed by atoms with Gasteiger partial charge in [-0.2, -0.15) is 0 Å². The number of para-hydroxylation sites is 1. The average molecular weight is 318 g/mol. The standard InChI is InChI=1S/C21H22N2O/c1-3-18-15(2)20(17-11-7-8-12-19(17)23-18)21(24)22-14-13-16-9-5-4-6-10-16/h4-12H,3,13-14H2,1-2H3,(H,22,24). The molecule has 1 amide bonds. The lowest BCUT2D eigenvalue weighted by Gasteiger charge is -2.14. The second-order valence-electron chi connectivity index (χ2n) is 5.92. The number of carbonyl (C=O) groups excluding carboxylic acids is 1. The van der Waals surface area contributed by atoms with Crippen molar-refractivity contribution in [3.8, 4) is 0 Å². The maximum atomic E-state index is 12.8. The molecule has 1 heterocycles. The van der Waals surface area contributed by atoms with Crippen molar-refractivity contribution in [3.63, 3.8) is 0 Å². The summed E-state index contributed by atoms with van der Waals surface area (Å²) in [5.74, 6) is -0.0169. The van der Waals surface area contributed by atoms with E-state index in [1.54, 1.807) is 0 Å². The van der Waals surface area contributed by atoms with Crippen molar-refractivity contribution in [1.29, 1.82) is 0 Å². The molecule has 0 radical (unpaired) electrons. The molecule has 3 aromatic rings. The van der Waals surface area contributed by atoms with Crippen LogP contribution in [0, 0.1) is 6.92 Å². The highest BCUT2D eigenvalue weighted by Gasteiger charge is 2.16. The Labute approximate surface area is 142 Å². The lowest BCUT2D eigenvalue weighted by atomic mass is 9.99. The van der Waals surface area contributed by atoms with E-state index < -0.39 is 0 Å². The molecule has 1 aromatic heterocycles. The van der Waals surface area contributed by atoms with E-state index in [0.29, 0.717) is 6.54 Å². The molecule has 3 nitrogen and oxygen atoms in total. The summed E-state index contributed by atoms with van der Waals surface area (Å²) in [6, 6.07) is 18.0. The molecule has 0 atom stereocenters. The monoisotopic (exact) mass is 318 g/mol. The minimum Gasteiger partial charge on any atom is -0.352 e. The summed E-state index contributed by atoms with van der Waals surface area (Å²) in [5, 5.41) is 3.99. The van der Waals surface area contributed by atoms with Gasteiger partial charge in [-0.1, -0.05) is 55.5 Å². The highest BCUT2D eigenvalue weighted by Crippen LogP contribution is 2.23. The van der Waals surface area contributed by atoms with E-state index in [4.69, 9.17) is 0 Å². The summed E-state index contributed by atoms with van der Waals surface area (Å²) in [5.41, 5.74) is 4.83. The first-order valence-electron chi connectivity index (χ1n) is 8.41. The number of carbonyl (C=O) groups is 1. The number of nitrogens with zero attached hydrogens (tertiary/aromatic N) is 1. The van der Waals surface area contributed by atoms with Crippen molar-refractivity contribution < 1.29 is 4.79 Å². The smallest absolute Gasteiger partial charge is 0.252 e. The summed E-state index contributed by atoms with van der Waals surface area (Å²) in [4.78, 5) is 17.5. The molecule has 0 saturated carbocycles. The van der Waals surface area contributed by atoms with Gasteiger partial charge in [0.2, 0.25) is 0 Å². The fourth-order valence-corrected chi connectivity index (χ4v) is 3.05. The minimum atomic E-state index is -0.0169. The van der Waals surface area contributed by atoms with Gasteiger partial charge in [0.25, 0.3) is 5.91 Å². The first-order valence-corrected chi connectivity index (χ1v) is 8.41. The number of hydrogen-bond acceptors (Lipinski definition) is 2. The maximum Gasteiger partial charge on any atom is 0.252 e. The Morgan fingerprint density at radius 3 is 2.50 bits per heavy atom. The van der Waals surface area contributed by atoms with E-state index in [1.807, 2.05) is 49.4 Å². The number of nitrogens with one attached hydrogen (secondary N) is 1. The zero-order valence-corrected chi connectivity index (χ0v) is 14.2. The summed E-state index contributed by atoms with van der Waals surface area (Å²) in [7, 11) is 0. The quantitative estimate of drug-likeness (QED) is 0.770. The van der Waals surface area contributed by atoms with Crippen molar-refractivity contribution in [3.05, 3.63) is 77.0 Å². The molecule has 122 valence electrons. The fourth-order valence-electron chi connectivity index (χ4n) is 3.05. The van der Waals surface area contributed by atoms with Gasteiger partial charge in [0.15, 0.2) is 0 Å². The van der Waals surface area contributed by atoms with Gasteiger partial charge in [0, 0.05) is 17.6 Å². The van der Waals surface area contributed by atoms with Gasteiger partial charge in [-0.15, -0.1) is 0 Å². The number of pyridine rings is 1. The van der Waals surface area contributed by atoms with Crippen molar-refractivity contribution in [1.82, 2.24) is 10.3 Å². The van der Waals surface area contributed by atoms with Gasteiger partial charge in [0.05, 0.1) is 11.1 Å². The van der Waals surface area contributed by atoms with Crippen LogP contribution >= 0.6 is 0 Å². The van der Waals surface area contributed by atoms with Crippen LogP contribution in [-0.4, -0.2) is 17.4 Å². The van der Waals surface area contributed by atoms with E-state index in [2.05, 4.69) is 29.4 Å². The number of aryl methyl sites for hydroxylation is 1. The van der Waals surface area contributed by atoms with Crippen molar-refractivity contribution in [2.75, 3.05) is 6.54 Å². The number of benzene rings is 2. The first kappa shape index (κ1) is 16.2.